The number of nitrogens with two attached hydrogens (primary N) is 1. The Morgan fingerprint density at radius 1 is 1.45 bits per heavy atom. The molecule has 1 aliphatic carbocycles. The van der Waals surface area contributed by atoms with E-state index in [1.54, 1.807) is 12.1 Å². The molecule has 0 amide bonds. The van der Waals surface area contributed by atoms with Gasteiger partial charge in [0, 0.05) is 0 Å². The zero-order chi connectivity index (χ0) is 16.5. The molecule has 5 nitrogen and oxygen atoms in total. The number of rotatable bonds is 7. The molecule has 124 valence electrons. The van der Waals surface area contributed by atoms with Crippen LogP contribution in [0.1, 0.15) is 38.8 Å². The van der Waals surface area contributed by atoms with E-state index in [2.05, 4.69) is 11.6 Å². The fourth-order valence-electron chi connectivity index (χ4n) is 2.42. The average molecular weight is 330 g/mol. The molecule has 0 aliphatic heterocycles. The van der Waals surface area contributed by atoms with E-state index < -0.39 is 22.1 Å². The van der Waals surface area contributed by atoms with Gasteiger partial charge in [-0.3, -0.25) is 0 Å². The second-order valence-corrected chi connectivity index (χ2v) is 7.68. The number of halogens is 1. The van der Waals surface area contributed by atoms with Gasteiger partial charge in [-0.2, -0.15) is 13.1 Å². The molecule has 0 aromatic heterocycles. The molecule has 0 bridgehead atoms. The van der Waals surface area contributed by atoms with Gasteiger partial charge in [-0.05, 0) is 41.9 Å². The lowest BCUT2D eigenvalue weighted by Crippen LogP contribution is -2.36. The van der Waals surface area contributed by atoms with Crippen LogP contribution in [0.25, 0.3) is 0 Å². The normalized spacial score (nSPS) is 22.6. The third-order valence-electron chi connectivity index (χ3n) is 4.00. The molecule has 1 aromatic rings. The smallest absolute Gasteiger partial charge is 0.274 e. The summed E-state index contributed by atoms with van der Waals surface area (Å²) in [6.45, 7) is 6.33. The molecule has 1 fully saturated rings. The summed E-state index contributed by atoms with van der Waals surface area (Å²) in [5.41, 5.74) is 0.629. The summed E-state index contributed by atoms with van der Waals surface area (Å²) < 4.78 is 44.4. The number of hydrogen-bond donors (Lipinski definition) is 2. The molecule has 3 atom stereocenters. The van der Waals surface area contributed by atoms with Crippen LogP contribution in [0.2, 0.25) is 0 Å². The van der Waals surface area contributed by atoms with Gasteiger partial charge in [0.1, 0.15) is 0 Å². The van der Waals surface area contributed by atoms with Crippen molar-refractivity contribution in [3.05, 3.63) is 29.6 Å². The SMILES string of the molecule is CC(C)C(NS(N)(=O)=O)c1ccc(F)c(OCC2C[C@@H]2C)c1. The molecule has 0 heterocycles. The summed E-state index contributed by atoms with van der Waals surface area (Å²) in [5.74, 6) is 0.763. The van der Waals surface area contributed by atoms with E-state index in [0.29, 0.717) is 24.0 Å². The molecule has 2 rings (SSSR count). The molecule has 1 aromatic carbocycles. The molecule has 0 saturated heterocycles. The average Bonchev–Trinajstić information content (AvgIpc) is 3.10. The first-order valence-corrected chi connectivity index (χ1v) is 8.94. The Hall–Kier alpha value is -1.18. The highest BCUT2D eigenvalue weighted by Gasteiger charge is 2.33. The van der Waals surface area contributed by atoms with Gasteiger partial charge in [-0.25, -0.2) is 9.53 Å². The summed E-state index contributed by atoms with van der Waals surface area (Å²) in [6.07, 6.45) is 1.10. The van der Waals surface area contributed by atoms with Crippen molar-refractivity contribution in [2.45, 2.75) is 33.2 Å². The van der Waals surface area contributed by atoms with Gasteiger partial charge >= 0.3 is 0 Å². The van der Waals surface area contributed by atoms with E-state index in [-0.39, 0.29) is 11.7 Å². The highest BCUT2D eigenvalue weighted by Crippen LogP contribution is 2.38. The highest BCUT2D eigenvalue weighted by molar-refractivity contribution is 7.87. The number of ether oxygens (including phenoxy) is 1. The van der Waals surface area contributed by atoms with Crippen LogP contribution in [0.3, 0.4) is 0 Å². The Morgan fingerprint density at radius 2 is 2.09 bits per heavy atom. The molecule has 22 heavy (non-hydrogen) atoms. The minimum absolute atomic E-state index is 0.0416. The van der Waals surface area contributed by atoms with Gasteiger partial charge < -0.3 is 4.74 Å². The van der Waals surface area contributed by atoms with Gasteiger partial charge in [-0.1, -0.05) is 26.8 Å². The zero-order valence-corrected chi connectivity index (χ0v) is 13.9. The third kappa shape index (κ3) is 4.66. The van der Waals surface area contributed by atoms with E-state index in [1.807, 2.05) is 13.8 Å². The predicted octanol–water partition coefficient (Wildman–Crippen LogP) is 2.35. The maximum Gasteiger partial charge on any atom is 0.274 e. The standard InChI is InChI=1S/C15H23FN2O3S/c1-9(2)15(18-22(17,19)20)11-4-5-13(16)14(7-11)21-8-12-6-10(12)3/h4-5,7,9-10,12,15,18H,6,8H2,1-3H3,(H2,17,19,20)/t10-,12?,15?/m0/s1. The van der Waals surface area contributed by atoms with E-state index in [0.717, 1.165) is 6.42 Å². The molecular formula is C15H23FN2O3S. The van der Waals surface area contributed by atoms with Crippen LogP contribution in [0.5, 0.6) is 5.75 Å². The fourth-order valence-corrected chi connectivity index (χ4v) is 3.18. The van der Waals surface area contributed by atoms with Gasteiger partial charge in [-0.15, -0.1) is 0 Å². The Labute approximate surface area is 131 Å². The van der Waals surface area contributed by atoms with Crippen molar-refractivity contribution in [1.82, 2.24) is 4.72 Å². The highest BCUT2D eigenvalue weighted by atomic mass is 32.2. The molecular weight excluding hydrogens is 307 g/mol. The Bertz CT molecular complexity index is 634. The third-order valence-corrected chi connectivity index (χ3v) is 4.58. The van der Waals surface area contributed by atoms with Crippen LogP contribution in [0.4, 0.5) is 4.39 Å². The van der Waals surface area contributed by atoms with Crippen LogP contribution in [0.15, 0.2) is 18.2 Å². The zero-order valence-electron chi connectivity index (χ0n) is 13.0. The van der Waals surface area contributed by atoms with Crippen molar-refractivity contribution in [2.24, 2.45) is 22.9 Å². The monoisotopic (exact) mass is 330 g/mol. The van der Waals surface area contributed by atoms with E-state index in [1.165, 1.54) is 6.07 Å². The summed E-state index contributed by atoms with van der Waals surface area (Å²) in [5, 5.41) is 5.06. The molecule has 1 aliphatic rings. The van der Waals surface area contributed by atoms with Crippen molar-refractivity contribution in [3.8, 4) is 5.75 Å². The molecule has 3 N–H and O–H groups in total. The fraction of sp³-hybridized carbons (Fsp3) is 0.600. The molecule has 0 spiro atoms. The number of benzene rings is 1. The molecule has 1 saturated carbocycles. The van der Waals surface area contributed by atoms with Crippen molar-refractivity contribution < 1.29 is 17.5 Å². The van der Waals surface area contributed by atoms with Crippen molar-refractivity contribution in [3.63, 3.8) is 0 Å². The molecule has 2 unspecified atom stereocenters. The summed E-state index contributed by atoms with van der Waals surface area (Å²) in [4.78, 5) is 0. The first kappa shape index (κ1) is 17.2. The van der Waals surface area contributed by atoms with Crippen molar-refractivity contribution >= 4 is 10.2 Å². The summed E-state index contributed by atoms with van der Waals surface area (Å²) in [6, 6.07) is 3.86. The second-order valence-electron chi connectivity index (χ2n) is 6.36. The number of hydrogen-bond acceptors (Lipinski definition) is 3. The van der Waals surface area contributed by atoms with Crippen LogP contribution in [0, 0.1) is 23.6 Å². The van der Waals surface area contributed by atoms with Crippen LogP contribution < -0.4 is 14.6 Å². The summed E-state index contributed by atoms with van der Waals surface area (Å²) >= 11 is 0. The maximum atomic E-state index is 13.9. The molecule has 0 radical (unpaired) electrons. The van der Waals surface area contributed by atoms with E-state index >= 15 is 0 Å². The largest absolute Gasteiger partial charge is 0.490 e. The molecule has 7 heteroatoms. The summed E-state index contributed by atoms with van der Waals surface area (Å²) in [7, 11) is -3.85. The van der Waals surface area contributed by atoms with E-state index in [4.69, 9.17) is 9.88 Å². The Morgan fingerprint density at radius 3 is 2.59 bits per heavy atom. The lowest BCUT2D eigenvalue weighted by atomic mass is 9.97. The van der Waals surface area contributed by atoms with Crippen LogP contribution in [-0.4, -0.2) is 15.0 Å². The minimum atomic E-state index is -3.85. The van der Waals surface area contributed by atoms with Crippen LogP contribution in [-0.2, 0) is 10.2 Å². The van der Waals surface area contributed by atoms with Crippen molar-refractivity contribution in [2.75, 3.05) is 6.61 Å². The topological polar surface area (TPSA) is 81.4 Å². The van der Waals surface area contributed by atoms with Gasteiger partial charge in [0.2, 0.25) is 0 Å². The van der Waals surface area contributed by atoms with Gasteiger partial charge in [0.25, 0.3) is 10.2 Å². The number of nitrogens with one attached hydrogen (secondary N) is 1. The first-order valence-electron chi connectivity index (χ1n) is 7.39. The second kappa shape index (κ2) is 6.52. The lowest BCUT2D eigenvalue weighted by molar-refractivity contribution is 0.278. The maximum absolute atomic E-state index is 13.9. The Balaban J connectivity index is 2.18. The van der Waals surface area contributed by atoms with Crippen molar-refractivity contribution in [1.29, 1.82) is 0 Å². The van der Waals surface area contributed by atoms with Gasteiger partial charge in [0.05, 0.1) is 12.6 Å². The van der Waals surface area contributed by atoms with Crippen LogP contribution >= 0.6 is 0 Å². The van der Waals surface area contributed by atoms with Gasteiger partial charge in [0.15, 0.2) is 11.6 Å². The quantitative estimate of drug-likeness (QED) is 0.805. The lowest BCUT2D eigenvalue weighted by Gasteiger charge is -2.22. The Kier molecular flexibility index (Phi) is 5.09. The predicted molar refractivity (Wildman–Crippen MR) is 83.0 cm³/mol. The first-order chi connectivity index (χ1) is 10.2. The minimum Gasteiger partial charge on any atom is -0.490 e. The van der Waals surface area contributed by atoms with E-state index in [9.17, 15) is 12.8 Å².